The fraction of sp³-hybridized carbons (Fsp3) is 0.414. The van der Waals surface area contributed by atoms with Gasteiger partial charge in [0, 0.05) is 42.2 Å². The minimum Gasteiger partial charge on any atom is -0.497 e. The number of anilines is 1. The molecule has 8 heteroatoms. The minimum atomic E-state index is -0.867. The zero-order valence-corrected chi connectivity index (χ0v) is 22.0. The first-order valence-electron chi connectivity index (χ1n) is 12.6. The number of carboxylic acid groups (broad SMARTS) is 1. The van der Waals surface area contributed by atoms with E-state index in [1.54, 1.807) is 19.5 Å². The number of nitrogens with zero attached hydrogens (tertiary/aromatic N) is 3. The SMILES string of the molecule is COc1cccc(OCCOc2ccc(-c3cnc(C)c(CC(=O)O)c3N3CCC(C)(C)CC3)nc2)c1. The Morgan fingerprint density at radius 2 is 1.70 bits per heavy atom. The Hall–Kier alpha value is -3.81. The predicted molar refractivity (Wildman–Crippen MR) is 143 cm³/mol. The number of pyridine rings is 2. The summed E-state index contributed by atoms with van der Waals surface area (Å²) in [6, 6.07) is 11.2. The first-order chi connectivity index (χ1) is 17.8. The number of hydrogen-bond donors (Lipinski definition) is 1. The van der Waals surface area contributed by atoms with Crippen molar-refractivity contribution in [2.24, 2.45) is 5.41 Å². The summed E-state index contributed by atoms with van der Waals surface area (Å²) in [6.45, 7) is 8.91. The van der Waals surface area contributed by atoms with E-state index in [4.69, 9.17) is 14.2 Å². The molecule has 1 N–H and O–H groups in total. The van der Waals surface area contributed by atoms with Gasteiger partial charge in [0.25, 0.3) is 0 Å². The molecule has 0 aliphatic carbocycles. The number of ether oxygens (including phenoxy) is 3. The summed E-state index contributed by atoms with van der Waals surface area (Å²) in [5.74, 6) is 1.22. The number of carboxylic acids is 1. The van der Waals surface area contributed by atoms with Crippen LogP contribution in [0, 0.1) is 12.3 Å². The average Bonchev–Trinajstić information content (AvgIpc) is 2.88. The highest BCUT2D eigenvalue weighted by Crippen LogP contribution is 2.39. The Bertz CT molecular complexity index is 1220. The number of aliphatic carboxylic acids is 1. The Kier molecular flexibility index (Phi) is 8.16. The second-order valence-electron chi connectivity index (χ2n) is 10.1. The van der Waals surface area contributed by atoms with Crippen molar-refractivity contribution in [3.63, 3.8) is 0 Å². The Morgan fingerprint density at radius 1 is 1.00 bits per heavy atom. The molecule has 0 amide bonds. The molecular formula is C29H35N3O5. The summed E-state index contributed by atoms with van der Waals surface area (Å²) in [6.07, 6.45) is 5.49. The van der Waals surface area contributed by atoms with Gasteiger partial charge in [-0.05, 0) is 49.4 Å². The number of benzene rings is 1. The molecule has 0 spiro atoms. The molecule has 3 aromatic rings. The van der Waals surface area contributed by atoms with Crippen LogP contribution in [0.2, 0.25) is 0 Å². The molecule has 196 valence electrons. The Balaban J connectivity index is 1.49. The number of methoxy groups -OCH3 is 1. The lowest BCUT2D eigenvalue weighted by molar-refractivity contribution is -0.136. The van der Waals surface area contributed by atoms with Crippen LogP contribution in [-0.2, 0) is 11.2 Å². The molecule has 0 radical (unpaired) electrons. The van der Waals surface area contributed by atoms with E-state index in [-0.39, 0.29) is 11.8 Å². The molecule has 2 aromatic heterocycles. The second kappa shape index (κ2) is 11.5. The lowest BCUT2D eigenvalue weighted by Gasteiger charge is -2.40. The zero-order chi connectivity index (χ0) is 26.4. The van der Waals surface area contributed by atoms with E-state index in [1.807, 2.05) is 43.3 Å². The summed E-state index contributed by atoms with van der Waals surface area (Å²) >= 11 is 0. The summed E-state index contributed by atoms with van der Waals surface area (Å²) in [5, 5.41) is 9.60. The number of aromatic nitrogens is 2. The van der Waals surface area contributed by atoms with Gasteiger partial charge in [0.1, 0.15) is 30.5 Å². The van der Waals surface area contributed by atoms with Crippen molar-refractivity contribution in [1.82, 2.24) is 9.97 Å². The maximum absolute atomic E-state index is 11.7. The van der Waals surface area contributed by atoms with Crippen molar-refractivity contribution in [2.45, 2.75) is 40.0 Å². The maximum atomic E-state index is 11.7. The van der Waals surface area contributed by atoms with E-state index in [0.717, 1.165) is 59.9 Å². The predicted octanol–water partition coefficient (Wildman–Crippen LogP) is 5.17. The van der Waals surface area contributed by atoms with Gasteiger partial charge in [-0.15, -0.1) is 0 Å². The summed E-state index contributed by atoms with van der Waals surface area (Å²) in [4.78, 5) is 23.2. The molecule has 8 nitrogen and oxygen atoms in total. The highest BCUT2D eigenvalue weighted by atomic mass is 16.5. The number of carbonyl (C=O) groups is 1. The van der Waals surface area contributed by atoms with Crippen molar-refractivity contribution < 1.29 is 24.1 Å². The number of piperidine rings is 1. The zero-order valence-electron chi connectivity index (χ0n) is 22.0. The van der Waals surface area contributed by atoms with E-state index >= 15 is 0 Å². The summed E-state index contributed by atoms with van der Waals surface area (Å²) in [7, 11) is 1.62. The quantitative estimate of drug-likeness (QED) is 0.377. The average molecular weight is 506 g/mol. The molecule has 1 aliphatic heterocycles. The third-order valence-electron chi connectivity index (χ3n) is 6.80. The molecule has 37 heavy (non-hydrogen) atoms. The van der Waals surface area contributed by atoms with E-state index < -0.39 is 5.97 Å². The number of hydrogen-bond acceptors (Lipinski definition) is 7. The van der Waals surface area contributed by atoms with E-state index in [1.165, 1.54) is 0 Å². The summed E-state index contributed by atoms with van der Waals surface area (Å²) < 4.78 is 16.8. The highest BCUT2D eigenvalue weighted by molar-refractivity contribution is 5.83. The van der Waals surface area contributed by atoms with Crippen molar-refractivity contribution in [3.8, 4) is 28.5 Å². The molecule has 1 fully saturated rings. The smallest absolute Gasteiger partial charge is 0.307 e. The fourth-order valence-electron chi connectivity index (χ4n) is 4.52. The molecule has 3 heterocycles. The topological polar surface area (TPSA) is 94.0 Å². The molecule has 1 aromatic carbocycles. The lowest BCUT2D eigenvalue weighted by Crippen LogP contribution is -2.38. The van der Waals surface area contributed by atoms with E-state index in [9.17, 15) is 9.90 Å². The first kappa shape index (κ1) is 26.3. The summed E-state index contributed by atoms with van der Waals surface area (Å²) in [5.41, 5.74) is 4.27. The third kappa shape index (κ3) is 6.70. The van der Waals surface area contributed by atoms with Crippen molar-refractivity contribution >= 4 is 11.7 Å². The molecule has 4 rings (SSSR count). The van der Waals surface area contributed by atoms with Crippen LogP contribution >= 0.6 is 0 Å². The van der Waals surface area contributed by atoms with Crippen LogP contribution < -0.4 is 19.1 Å². The lowest BCUT2D eigenvalue weighted by atomic mass is 9.82. The third-order valence-corrected chi connectivity index (χ3v) is 6.80. The molecule has 1 saturated heterocycles. The maximum Gasteiger partial charge on any atom is 0.307 e. The highest BCUT2D eigenvalue weighted by Gasteiger charge is 2.29. The molecule has 0 bridgehead atoms. The van der Waals surface area contributed by atoms with Crippen molar-refractivity contribution in [3.05, 3.63) is 60.0 Å². The Morgan fingerprint density at radius 3 is 2.35 bits per heavy atom. The van der Waals surface area contributed by atoms with Crippen LogP contribution in [0.25, 0.3) is 11.3 Å². The van der Waals surface area contributed by atoms with Crippen LogP contribution in [0.1, 0.15) is 37.9 Å². The normalized spacial score (nSPS) is 14.8. The van der Waals surface area contributed by atoms with Gasteiger partial charge in [-0.2, -0.15) is 0 Å². The standard InChI is InChI=1S/C29H35N3O5/c1-20-24(17-27(33)34)28(32-12-10-29(2,3)11-13-32)25(19-30-20)26-9-8-23(18-31-26)37-15-14-36-22-7-5-6-21(16-22)35-4/h5-9,16,18-19H,10-15,17H2,1-4H3,(H,33,34). The number of rotatable bonds is 10. The van der Waals surface area contributed by atoms with Gasteiger partial charge in [-0.25, -0.2) is 0 Å². The van der Waals surface area contributed by atoms with Crippen molar-refractivity contribution in [2.75, 3.05) is 38.3 Å². The fourth-order valence-corrected chi connectivity index (χ4v) is 4.52. The number of aryl methyl sites for hydroxylation is 1. The molecule has 1 aliphatic rings. The molecule has 0 saturated carbocycles. The van der Waals surface area contributed by atoms with Crippen molar-refractivity contribution in [1.29, 1.82) is 0 Å². The van der Waals surface area contributed by atoms with E-state index in [2.05, 4.69) is 28.7 Å². The molecular weight excluding hydrogens is 470 g/mol. The van der Waals surface area contributed by atoms with Gasteiger partial charge in [0.2, 0.25) is 0 Å². The van der Waals surface area contributed by atoms with Gasteiger partial charge >= 0.3 is 5.97 Å². The van der Waals surface area contributed by atoms with E-state index in [0.29, 0.717) is 24.7 Å². The van der Waals surface area contributed by atoms with Crippen LogP contribution in [0.15, 0.2) is 48.8 Å². The van der Waals surface area contributed by atoms with Crippen LogP contribution in [-0.4, -0.2) is 54.5 Å². The van der Waals surface area contributed by atoms with Gasteiger partial charge in [-0.1, -0.05) is 19.9 Å². The van der Waals surface area contributed by atoms with Crippen LogP contribution in [0.4, 0.5) is 5.69 Å². The van der Waals surface area contributed by atoms with Gasteiger partial charge < -0.3 is 24.2 Å². The largest absolute Gasteiger partial charge is 0.497 e. The monoisotopic (exact) mass is 505 g/mol. The van der Waals surface area contributed by atoms with Crippen LogP contribution in [0.3, 0.4) is 0 Å². The minimum absolute atomic E-state index is 0.0730. The van der Waals surface area contributed by atoms with Crippen LogP contribution in [0.5, 0.6) is 17.2 Å². The molecule has 0 atom stereocenters. The molecule has 0 unspecified atom stereocenters. The second-order valence-corrected chi connectivity index (χ2v) is 10.1. The first-order valence-corrected chi connectivity index (χ1v) is 12.6. The van der Waals surface area contributed by atoms with Gasteiger partial charge in [-0.3, -0.25) is 14.8 Å². The van der Waals surface area contributed by atoms with Gasteiger partial charge in [0.15, 0.2) is 0 Å². The Labute approximate surface area is 218 Å². The van der Waals surface area contributed by atoms with Gasteiger partial charge in [0.05, 0.1) is 31.1 Å².